The lowest BCUT2D eigenvalue weighted by Gasteiger charge is -2.32. The third-order valence-electron chi connectivity index (χ3n) is 5.26. The molecule has 8 heteroatoms. The summed E-state index contributed by atoms with van der Waals surface area (Å²) in [7, 11) is 0. The van der Waals surface area contributed by atoms with Crippen LogP contribution in [0.4, 0.5) is 0 Å². The van der Waals surface area contributed by atoms with Gasteiger partial charge in [0.25, 0.3) is 5.91 Å². The lowest BCUT2D eigenvalue weighted by Crippen LogP contribution is -2.40. The van der Waals surface area contributed by atoms with Crippen molar-refractivity contribution in [2.24, 2.45) is 0 Å². The topological polar surface area (TPSA) is 93.2 Å². The zero-order chi connectivity index (χ0) is 19.7. The van der Waals surface area contributed by atoms with Crippen LogP contribution in [-0.2, 0) is 0 Å². The number of imidazole rings is 1. The highest BCUT2D eigenvalue weighted by molar-refractivity contribution is 5.93. The van der Waals surface area contributed by atoms with Crippen LogP contribution in [0.25, 0.3) is 5.69 Å². The second-order valence-electron chi connectivity index (χ2n) is 6.90. The fourth-order valence-electron chi connectivity index (χ4n) is 3.72. The summed E-state index contributed by atoms with van der Waals surface area (Å²) in [4.78, 5) is 30.2. The van der Waals surface area contributed by atoms with Gasteiger partial charge in [0.05, 0.1) is 30.5 Å². The molecule has 8 nitrogen and oxygen atoms in total. The normalized spacial score (nSPS) is 15.0. The summed E-state index contributed by atoms with van der Waals surface area (Å²) in [6.45, 7) is 2.95. The second kappa shape index (κ2) is 7.30. The van der Waals surface area contributed by atoms with Crippen LogP contribution >= 0.6 is 0 Å². The van der Waals surface area contributed by atoms with Gasteiger partial charge in [0.15, 0.2) is 0 Å². The number of para-hydroxylation sites is 1. The molecule has 3 aromatic rings. The summed E-state index contributed by atoms with van der Waals surface area (Å²) >= 11 is 0. The third-order valence-corrected chi connectivity index (χ3v) is 5.26. The van der Waals surface area contributed by atoms with Crippen molar-refractivity contribution in [3.8, 4) is 5.69 Å². The molecule has 0 bridgehead atoms. The van der Waals surface area contributed by atoms with Crippen LogP contribution in [0.3, 0.4) is 0 Å². The number of carbonyl (C=O) groups is 2. The summed E-state index contributed by atoms with van der Waals surface area (Å²) in [5.74, 6) is -1.02. The van der Waals surface area contributed by atoms with E-state index >= 15 is 0 Å². The van der Waals surface area contributed by atoms with E-state index in [2.05, 4.69) is 10.1 Å². The Labute approximate surface area is 162 Å². The maximum atomic E-state index is 13.0. The standard InChI is InChI=1S/C20H21N5O3/c1-14-17(20(27)28)11-22-25(14)16-7-9-23(10-8-16)19(26)18-12-21-13-24(18)15-5-3-2-4-6-15/h2-6,11-13,16H,7-10H2,1H3,(H,27,28). The smallest absolute Gasteiger partial charge is 0.339 e. The molecular weight excluding hydrogens is 358 g/mol. The minimum Gasteiger partial charge on any atom is -0.478 e. The van der Waals surface area contributed by atoms with Crippen LogP contribution in [0.15, 0.2) is 49.1 Å². The molecule has 1 amide bonds. The quantitative estimate of drug-likeness (QED) is 0.752. The zero-order valence-corrected chi connectivity index (χ0v) is 15.5. The SMILES string of the molecule is Cc1c(C(=O)O)cnn1C1CCN(C(=O)c2cncn2-c2ccccc2)CC1. The Bertz CT molecular complexity index is 1000. The molecule has 4 rings (SSSR count). The van der Waals surface area contributed by atoms with E-state index in [1.807, 2.05) is 35.2 Å². The van der Waals surface area contributed by atoms with Gasteiger partial charge in [0.1, 0.15) is 11.3 Å². The number of carboxylic acids is 1. The molecular formula is C20H21N5O3. The van der Waals surface area contributed by atoms with Gasteiger partial charge in [-0.25, -0.2) is 9.78 Å². The molecule has 1 saturated heterocycles. The monoisotopic (exact) mass is 379 g/mol. The highest BCUT2D eigenvalue weighted by Gasteiger charge is 2.28. The summed E-state index contributed by atoms with van der Waals surface area (Å²) in [6.07, 6.45) is 6.10. The van der Waals surface area contributed by atoms with Crippen LogP contribution in [-0.4, -0.2) is 54.3 Å². The van der Waals surface area contributed by atoms with Gasteiger partial charge in [-0.2, -0.15) is 5.10 Å². The molecule has 1 aliphatic rings. The van der Waals surface area contributed by atoms with Crippen LogP contribution < -0.4 is 0 Å². The Kier molecular flexibility index (Phi) is 4.68. The van der Waals surface area contributed by atoms with E-state index in [4.69, 9.17) is 0 Å². The van der Waals surface area contributed by atoms with Crippen molar-refractivity contribution in [2.45, 2.75) is 25.8 Å². The van der Waals surface area contributed by atoms with Gasteiger partial charge in [-0.15, -0.1) is 0 Å². The number of aromatic carboxylic acids is 1. The molecule has 144 valence electrons. The fraction of sp³-hybridized carbons (Fsp3) is 0.300. The molecule has 3 heterocycles. The van der Waals surface area contributed by atoms with Crippen molar-refractivity contribution in [1.29, 1.82) is 0 Å². The van der Waals surface area contributed by atoms with Crippen molar-refractivity contribution in [3.05, 3.63) is 66.0 Å². The largest absolute Gasteiger partial charge is 0.478 e. The molecule has 0 unspecified atom stereocenters. The molecule has 1 aromatic carbocycles. The van der Waals surface area contributed by atoms with Crippen LogP contribution in [0.1, 0.15) is 45.4 Å². The predicted molar refractivity (Wildman–Crippen MR) is 102 cm³/mol. The lowest BCUT2D eigenvalue weighted by molar-refractivity contribution is 0.0680. The van der Waals surface area contributed by atoms with Crippen molar-refractivity contribution >= 4 is 11.9 Å². The minimum absolute atomic E-state index is 0.0526. The molecule has 28 heavy (non-hydrogen) atoms. The number of carbonyl (C=O) groups excluding carboxylic acids is 1. The van der Waals surface area contributed by atoms with E-state index in [-0.39, 0.29) is 17.5 Å². The van der Waals surface area contributed by atoms with Gasteiger partial charge in [-0.1, -0.05) is 18.2 Å². The summed E-state index contributed by atoms with van der Waals surface area (Å²) in [6, 6.07) is 9.74. The summed E-state index contributed by atoms with van der Waals surface area (Å²) in [5.41, 5.74) is 2.31. The number of hydrogen-bond acceptors (Lipinski definition) is 4. The maximum Gasteiger partial charge on any atom is 0.339 e. The molecule has 1 N–H and O–H groups in total. The van der Waals surface area contributed by atoms with Crippen LogP contribution in [0.5, 0.6) is 0 Å². The van der Waals surface area contributed by atoms with Crippen LogP contribution in [0, 0.1) is 6.92 Å². The van der Waals surface area contributed by atoms with E-state index in [0.29, 0.717) is 24.5 Å². The number of hydrogen-bond donors (Lipinski definition) is 1. The number of piperidine rings is 1. The minimum atomic E-state index is -0.967. The number of nitrogens with zero attached hydrogens (tertiary/aromatic N) is 5. The van der Waals surface area contributed by atoms with Crippen molar-refractivity contribution in [2.75, 3.05) is 13.1 Å². The molecule has 0 atom stereocenters. The van der Waals surface area contributed by atoms with Crippen molar-refractivity contribution in [1.82, 2.24) is 24.2 Å². The number of carboxylic acid groups (broad SMARTS) is 1. The van der Waals surface area contributed by atoms with Gasteiger partial charge in [0.2, 0.25) is 0 Å². The first-order valence-electron chi connectivity index (χ1n) is 9.20. The maximum absolute atomic E-state index is 13.0. The first kappa shape index (κ1) is 18.0. The molecule has 0 saturated carbocycles. The van der Waals surface area contributed by atoms with Crippen molar-refractivity contribution < 1.29 is 14.7 Å². The van der Waals surface area contributed by atoms with Gasteiger partial charge < -0.3 is 10.0 Å². The first-order valence-corrected chi connectivity index (χ1v) is 9.20. The van der Waals surface area contributed by atoms with E-state index in [1.54, 1.807) is 28.7 Å². The van der Waals surface area contributed by atoms with Crippen LogP contribution in [0.2, 0.25) is 0 Å². The Balaban J connectivity index is 1.47. The highest BCUT2D eigenvalue weighted by Crippen LogP contribution is 2.26. The Morgan fingerprint density at radius 1 is 1.11 bits per heavy atom. The van der Waals surface area contributed by atoms with Gasteiger partial charge in [-0.05, 0) is 31.9 Å². The fourth-order valence-corrected chi connectivity index (χ4v) is 3.72. The number of benzene rings is 1. The number of likely N-dealkylation sites (tertiary alicyclic amines) is 1. The van der Waals surface area contributed by atoms with Gasteiger partial charge in [0, 0.05) is 18.8 Å². The Morgan fingerprint density at radius 2 is 1.82 bits per heavy atom. The van der Waals surface area contributed by atoms with Crippen molar-refractivity contribution in [3.63, 3.8) is 0 Å². The lowest BCUT2D eigenvalue weighted by atomic mass is 10.0. The van der Waals surface area contributed by atoms with E-state index in [1.165, 1.54) is 6.20 Å². The molecule has 1 fully saturated rings. The van der Waals surface area contributed by atoms with E-state index < -0.39 is 5.97 Å². The Morgan fingerprint density at radius 3 is 2.46 bits per heavy atom. The highest BCUT2D eigenvalue weighted by atomic mass is 16.4. The Hall–Kier alpha value is -3.42. The van der Waals surface area contributed by atoms with E-state index in [9.17, 15) is 14.7 Å². The van der Waals surface area contributed by atoms with Gasteiger partial charge >= 0.3 is 5.97 Å². The number of rotatable bonds is 4. The molecule has 0 aliphatic carbocycles. The molecule has 0 spiro atoms. The summed E-state index contributed by atoms with van der Waals surface area (Å²) in [5, 5.41) is 13.5. The third kappa shape index (κ3) is 3.17. The predicted octanol–water partition coefficient (Wildman–Crippen LogP) is 2.55. The average Bonchev–Trinajstić information content (AvgIpc) is 3.35. The van der Waals surface area contributed by atoms with E-state index in [0.717, 1.165) is 18.5 Å². The summed E-state index contributed by atoms with van der Waals surface area (Å²) < 4.78 is 3.57. The van der Waals surface area contributed by atoms with Gasteiger partial charge in [-0.3, -0.25) is 14.0 Å². The molecule has 2 aromatic heterocycles. The zero-order valence-electron chi connectivity index (χ0n) is 15.5. The molecule has 1 aliphatic heterocycles. The average molecular weight is 379 g/mol. The molecule has 0 radical (unpaired) electrons. The first-order chi connectivity index (χ1) is 13.6. The second-order valence-corrected chi connectivity index (χ2v) is 6.90. The number of amides is 1. The number of aromatic nitrogens is 4.